The van der Waals surface area contributed by atoms with Crippen LogP contribution in [0.5, 0.6) is 0 Å². The SMILES string of the molecule is F[PH+](F)F.F[PH+](F)F.F[PH+](F)F.F[PH+](F)F.F[PH+](F)F.[Mn]. The zero-order valence-corrected chi connectivity index (χ0v) is 14.7. The van der Waals surface area contributed by atoms with Crippen molar-refractivity contribution in [1.29, 1.82) is 0 Å². The maximum atomic E-state index is 9.77. The molecule has 0 aliphatic rings. The van der Waals surface area contributed by atoms with Gasteiger partial charge in [-0.25, -0.2) is 0 Å². The van der Waals surface area contributed by atoms with Crippen LogP contribution in [0.2, 0.25) is 0 Å². The van der Waals surface area contributed by atoms with E-state index in [2.05, 4.69) is 0 Å². The minimum absolute atomic E-state index is 0. The van der Waals surface area contributed by atoms with Crippen LogP contribution in [0.25, 0.3) is 0 Å². The van der Waals surface area contributed by atoms with Crippen molar-refractivity contribution < 1.29 is 80.0 Å². The van der Waals surface area contributed by atoms with Crippen LogP contribution in [-0.4, -0.2) is 0 Å². The van der Waals surface area contributed by atoms with Crippen molar-refractivity contribution in [2.24, 2.45) is 0 Å². The summed E-state index contributed by atoms with van der Waals surface area (Å²) in [6, 6.07) is 0. The summed E-state index contributed by atoms with van der Waals surface area (Å²) in [5, 5.41) is 0. The van der Waals surface area contributed by atoms with Crippen molar-refractivity contribution in [3.63, 3.8) is 0 Å². The molecule has 0 aliphatic carbocycles. The van der Waals surface area contributed by atoms with E-state index in [0.29, 0.717) is 0 Å². The summed E-state index contributed by atoms with van der Waals surface area (Å²) in [5.41, 5.74) is 0. The van der Waals surface area contributed by atoms with E-state index in [0.717, 1.165) is 0 Å². The Balaban J connectivity index is -0.0000000331. The molecule has 0 heterocycles. The maximum Gasteiger partial charge on any atom is 0.558 e. The van der Waals surface area contributed by atoms with Crippen LogP contribution in [0.3, 0.4) is 0 Å². The van der Waals surface area contributed by atoms with Gasteiger partial charge in [0.25, 0.3) is 0 Å². The third kappa shape index (κ3) is 3170. The molecule has 0 aliphatic heterocycles. The average molecular weight is 500 g/mol. The van der Waals surface area contributed by atoms with Gasteiger partial charge in [-0.1, -0.05) is 0 Å². The van der Waals surface area contributed by atoms with Gasteiger partial charge in [0.1, 0.15) is 0 Å². The van der Waals surface area contributed by atoms with E-state index in [4.69, 9.17) is 0 Å². The number of hydrogen-bond donors (Lipinski definition) is 0. The summed E-state index contributed by atoms with van der Waals surface area (Å²) in [5.74, 6) is 0. The molecule has 0 aromatic carbocycles. The number of hydrogen-bond acceptors (Lipinski definition) is 0. The standard InChI is InChI=1S/5F3HP.Mn/c5*1-4(2)3;/h5*4H;/q5*+1;. The molecule has 0 saturated heterocycles. The van der Waals surface area contributed by atoms with Crippen molar-refractivity contribution >= 4 is 44.3 Å². The molecule has 0 spiro atoms. The quantitative estimate of drug-likeness (QED) is 0.177. The van der Waals surface area contributed by atoms with Gasteiger partial charge in [0.15, 0.2) is 0 Å². The molecule has 0 nitrogen and oxygen atoms in total. The minimum Gasteiger partial charge on any atom is 0 e. The first kappa shape index (κ1) is 38.3. The molecule has 21 heavy (non-hydrogen) atoms. The molecule has 0 aromatic heterocycles. The first-order chi connectivity index (χ1) is 8.66. The molecule has 0 aromatic rings. The molecule has 0 unspecified atom stereocenters. The van der Waals surface area contributed by atoms with Gasteiger partial charge in [-0.05, 0) is 0 Å². The van der Waals surface area contributed by atoms with E-state index in [1.165, 1.54) is 0 Å². The van der Waals surface area contributed by atoms with Gasteiger partial charge in [-0.15, -0.1) is 0 Å². The van der Waals surface area contributed by atoms with Crippen LogP contribution >= 0.6 is 44.3 Å². The molecular weight excluding hydrogens is 495 g/mol. The summed E-state index contributed by atoms with van der Waals surface area (Å²) in [6.07, 6.45) is 0. The summed E-state index contributed by atoms with van der Waals surface area (Å²) in [4.78, 5) is 0. The largest absolute Gasteiger partial charge is 0.558 e. The Kier molecular flexibility index (Phi) is 60.7. The second-order valence-electron chi connectivity index (χ2n) is 1.07. The first-order valence-corrected chi connectivity index (χ1v) is 8.50. The zero-order chi connectivity index (χ0) is 17.9. The van der Waals surface area contributed by atoms with Gasteiger partial charge in [0.05, 0.1) is 0 Å². The van der Waals surface area contributed by atoms with Crippen LogP contribution in [0.15, 0.2) is 0 Å². The van der Waals surface area contributed by atoms with Gasteiger partial charge in [-0.3, -0.25) is 0 Å². The van der Waals surface area contributed by atoms with E-state index in [1.807, 2.05) is 0 Å². The summed E-state index contributed by atoms with van der Waals surface area (Å²) in [6.45, 7) is 0. The Morgan fingerprint density at radius 1 is 0.238 bits per heavy atom. The third-order valence-electron chi connectivity index (χ3n) is 0. The van der Waals surface area contributed by atoms with E-state index in [9.17, 15) is 63.0 Å². The van der Waals surface area contributed by atoms with Crippen LogP contribution < -0.4 is 0 Å². The summed E-state index contributed by atoms with van der Waals surface area (Å²) < 4.78 is 147. The van der Waals surface area contributed by atoms with Crippen molar-refractivity contribution in [1.82, 2.24) is 0 Å². The molecule has 0 N–H and O–H groups in total. The molecule has 1 radical (unpaired) electrons. The average Bonchev–Trinajstić information content (AvgIpc) is 1.94. The van der Waals surface area contributed by atoms with Gasteiger partial charge in [-0.2, -0.15) is 0 Å². The van der Waals surface area contributed by atoms with E-state index in [-0.39, 0.29) is 17.1 Å². The van der Waals surface area contributed by atoms with Crippen molar-refractivity contribution in [3.05, 3.63) is 0 Å². The van der Waals surface area contributed by atoms with Crippen molar-refractivity contribution in [2.45, 2.75) is 0 Å². The third-order valence-corrected chi connectivity index (χ3v) is 0. The monoisotopic (exact) mass is 500 g/mol. The molecule has 0 rings (SSSR count). The molecule has 0 fully saturated rings. The Hall–Kier alpha value is 1.62. The van der Waals surface area contributed by atoms with Crippen LogP contribution in [0.4, 0.5) is 63.0 Å². The second kappa shape index (κ2) is 33.3. The molecule has 137 valence electrons. The second-order valence-corrected chi connectivity index (χ2v) is 3.21. The fourth-order valence-corrected chi connectivity index (χ4v) is 0. The molecule has 21 heteroatoms. The van der Waals surface area contributed by atoms with E-state index < -0.39 is 44.3 Å². The normalized spacial score (nSPS) is 8.57. The van der Waals surface area contributed by atoms with Gasteiger partial charge in [0, 0.05) is 80.0 Å². The topological polar surface area (TPSA) is 0 Å². The fourth-order valence-electron chi connectivity index (χ4n) is 0. The van der Waals surface area contributed by atoms with Crippen LogP contribution in [-0.2, 0) is 17.1 Å². The number of rotatable bonds is 0. The van der Waals surface area contributed by atoms with Gasteiger partial charge >= 0.3 is 44.3 Å². The Morgan fingerprint density at radius 3 is 0.238 bits per heavy atom. The predicted octanol–water partition coefficient (Wildman–Crippen LogP) is 9.27. The molecule has 0 amide bonds. The van der Waals surface area contributed by atoms with Crippen molar-refractivity contribution in [3.8, 4) is 0 Å². The van der Waals surface area contributed by atoms with Crippen LogP contribution in [0.1, 0.15) is 0 Å². The van der Waals surface area contributed by atoms with Gasteiger partial charge in [0.2, 0.25) is 0 Å². The summed E-state index contributed by atoms with van der Waals surface area (Å²) in [7, 11) is -21.9. The van der Waals surface area contributed by atoms with E-state index in [1.54, 1.807) is 0 Å². The molecular formula is H5F15MnP5+5. The maximum absolute atomic E-state index is 9.77. The Morgan fingerprint density at radius 2 is 0.238 bits per heavy atom. The Labute approximate surface area is 125 Å². The fraction of sp³-hybridized carbons (Fsp3) is 0. The van der Waals surface area contributed by atoms with Gasteiger partial charge < -0.3 is 0 Å². The number of halogens is 15. The zero-order valence-electron chi connectivity index (χ0n) is 8.55. The Bertz CT molecular complexity index is 80.6. The van der Waals surface area contributed by atoms with E-state index >= 15 is 0 Å². The van der Waals surface area contributed by atoms with Crippen molar-refractivity contribution in [2.75, 3.05) is 0 Å². The van der Waals surface area contributed by atoms with Crippen LogP contribution in [0, 0.1) is 0 Å². The predicted molar refractivity (Wildman–Crippen MR) is 58.2 cm³/mol. The molecule has 0 atom stereocenters. The molecule has 0 bridgehead atoms. The first-order valence-electron chi connectivity index (χ1n) is 2.83. The smallest absolute Gasteiger partial charge is 0 e. The molecule has 0 saturated carbocycles. The minimum atomic E-state index is -4.38. The summed E-state index contributed by atoms with van der Waals surface area (Å²) >= 11 is 0.